The van der Waals surface area contributed by atoms with E-state index >= 15 is 0 Å². The van der Waals surface area contributed by atoms with Gasteiger partial charge in [0.05, 0.1) is 18.8 Å². The molecule has 0 N–H and O–H groups in total. The molecule has 0 radical (unpaired) electrons. The molecule has 0 aliphatic carbocycles. The largest absolute Gasteiger partial charge is 0.375 e. The second kappa shape index (κ2) is 9.73. The van der Waals surface area contributed by atoms with Crippen LogP contribution < -0.4 is 0 Å². The van der Waals surface area contributed by atoms with E-state index in [2.05, 4.69) is 25.0 Å². The summed E-state index contributed by atoms with van der Waals surface area (Å²) in [7, 11) is 0. The van der Waals surface area contributed by atoms with Gasteiger partial charge in [-0.15, -0.1) is 0 Å². The third-order valence-corrected chi connectivity index (χ3v) is 2.27. The fourth-order valence-corrected chi connectivity index (χ4v) is 1.41. The fraction of sp³-hybridized carbons (Fsp3) is 0.545. The average molecular weight is 261 g/mol. The van der Waals surface area contributed by atoms with Gasteiger partial charge in [-0.1, -0.05) is 16.3 Å². The molecule has 0 aliphatic rings. The van der Waals surface area contributed by atoms with E-state index in [1.165, 1.54) is 0 Å². The molecule has 100 valence electrons. The number of azide groups is 2. The molecule has 0 saturated heterocycles. The second-order valence-electron chi connectivity index (χ2n) is 3.72. The molecule has 19 heavy (non-hydrogen) atoms. The molecule has 0 atom stereocenters. The number of pyridine rings is 1. The molecule has 0 aromatic carbocycles. The van der Waals surface area contributed by atoms with Gasteiger partial charge in [0, 0.05) is 28.7 Å². The van der Waals surface area contributed by atoms with Gasteiger partial charge in [0.2, 0.25) is 0 Å². The van der Waals surface area contributed by atoms with Gasteiger partial charge in [-0.2, -0.15) is 0 Å². The maximum absolute atomic E-state index is 8.23. The van der Waals surface area contributed by atoms with Crippen LogP contribution in [0.2, 0.25) is 0 Å². The molecular weight excluding hydrogens is 246 g/mol. The molecule has 1 rings (SSSR count). The maximum Gasteiger partial charge on any atom is 0.0887 e. The molecule has 0 aliphatic heterocycles. The lowest BCUT2D eigenvalue weighted by atomic mass is 10.3. The summed E-state index contributed by atoms with van der Waals surface area (Å²) in [5, 5.41) is 6.90. The summed E-state index contributed by atoms with van der Waals surface area (Å²) in [4.78, 5) is 9.67. The summed E-state index contributed by atoms with van der Waals surface area (Å²) >= 11 is 0. The van der Waals surface area contributed by atoms with Crippen molar-refractivity contribution in [2.75, 3.05) is 13.2 Å². The van der Waals surface area contributed by atoms with Gasteiger partial charge in [0.1, 0.15) is 0 Å². The molecule has 8 nitrogen and oxygen atoms in total. The predicted octanol–water partition coefficient (Wildman–Crippen LogP) is 3.50. The Hall–Kier alpha value is -2.27. The molecule has 0 saturated carbocycles. The zero-order valence-corrected chi connectivity index (χ0v) is 10.5. The van der Waals surface area contributed by atoms with Crippen LogP contribution >= 0.6 is 0 Å². The van der Waals surface area contributed by atoms with Crippen molar-refractivity contribution in [3.8, 4) is 0 Å². The van der Waals surface area contributed by atoms with Gasteiger partial charge in [0.15, 0.2) is 0 Å². The van der Waals surface area contributed by atoms with E-state index in [4.69, 9.17) is 15.8 Å². The highest BCUT2D eigenvalue weighted by atomic mass is 16.5. The fourth-order valence-electron chi connectivity index (χ4n) is 1.41. The van der Waals surface area contributed by atoms with Gasteiger partial charge in [-0.25, -0.2) is 0 Å². The Morgan fingerprint density at radius 2 is 1.89 bits per heavy atom. The molecule has 0 bridgehead atoms. The van der Waals surface area contributed by atoms with Crippen LogP contribution in [0.1, 0.15) is 24.2 Å². The van der Waals surface area contributed by atoms with Crippen molar-refractivity contribution < 1.29 is 4.74 Å². The first kappa shape index (κ1) is 14.8. The number of nitrogens with zero attached hydrogens (tertiary/aromatic N) is 7. The Morgan fingerprint density at radius 1 is 1.11 bits per heavy atom. The summed E-state index contributed by atoms with van der Waals surface area (Å²) in [6.45, 7) is 1.77. The number of hydrogen-bond donors (Lipinski definition) is 0. The number of ether oxygens (including phenoxy) is 1. The van der Waals surface area contributed by atoms with Crippen LogP contribution in [0.15, 0.2) is 28.4 Å². The quantitative estimate of drug-likeness (QED) is 0.292. The molecule has 0 amide bonds. The van der Waals surface area contributed by atoms with Crippen LogP contribution in [0.3, 0.4) is 0 Å². The van der Waals surface area contributed by atoms with E-state index in [1.807, 2.05) is 12.1 Å². The summed E-state index contributed by atoms with van der Waals surface area (Å²) in [6.07, 6.45) is 1.66. The average Bonchev–Trinajstić information content (AvgIpc) is 2.44. The van der Waals surface area contributed by atoms with Gasteiger partial charge in [-0.05, 0) is 36.0 Å². The number of hydrogen-bond acceptors (Lipinski definition) is 4. The van der Waals surface area contributed by atoms with Gasteiger partial charge >= 0.3 is 0 Å². The number of rotatable bonds is 9. The van der Waals surface area contributed by atoms with Crippen molar-refractivity contribution in [1.82, 2.24) is 4.98 Å². The lowest BCUT2D eigenvalue weighted by molar-refractivity contribution is 0.115. The van der Waals surface area contributed by atoms with Crippen LogP contribution in [0.25, 0.3) is 20.9 Å². The van der Waals surface area contributed by atoms with Crippen molar-refractivity contribution in [1.29, 1.82) is 0 Å². The summed E-state index contributed by atoms with van der Waals surface area (Å²) in [5.74, 6) is 0. The van der Waals surface area contributed by atoms with Crippen LogP contribution in [0.4, 0.5) is 0 Å². The van der Waals surface area contributed by atoms with Crippen LogP contribution in [-0.2, 0) is 17.9 Å². The minimum atomic E-state index is 0.247. The lowest BCUT2D eigenvalue weighted by Crippen LogP contribution is -2.00. The van der Waals surface area contributed by atoms with E-state index in [1.54, 1.807) is 6.07 Å². The molecule has 1 aromatic rings. The molecule has 1 aromatic heterocycles. The van der Waals surface area contributed by atoms with Crippen molar-refractivity contribution in [2.24, 2.45) is 10.2 Å². The zero-order valence-electron chi connectivity index (χ0n) is 10.5. The number of unbranched alkanes of at least 4 members (excludes halogenated alkanes) is 1. The molecular formula is C11H15N7O. The Balaban J connectivity index is 2.25. The smallest absolute Gasteiger partial charge is 0.0887 e. The standard InChI is InChI=1S/C11H15N7O/c12-17-14-6-1-2-7-19-9-11-5-3-4-10(16-11)8-15-18-13/h3-5H,1-2,6-9H2. The lowest BCUT2D eigenvalue weighted by Gasteiger charge is -2.04. The van der Waals surface area contributed by atoms with Gasteiger partial charge in [-0.3, -0.25) is 4.98 Å². The third-order valence-electron chi connectivity index (χ3n) is 2.27. The van der Waals surface area contributed by atoms with Crippen molar-refractivity contribution >= 4 is 0 Å². The molecule has 8 heteroatoms. The zero-order chi connectivity index (χ0) is 13.8. The van der Waals surface area contributed by atoms with Gasteiger partial charge < -0.3 is 4.74 Å². The highest BCUT2D eigenvalue weighted by Crippen LogP contribution is 2.03. The van der Waals surface area contributed by atoms with Gasteiger partial charge in [0.25, 0.3) is 0 Å². The molecule has 1 heterocycles. The summed E-state index contributed by atoms with van der Waals surface area (Å²) in [6, 6.07) is 5.52. The van der Waals surface area contributed by atoms with Crippen molar-refractivity contribution in [3.05, 3.63) is 50.5 Å². The van der Waals surface area contributed by atoms with E-state index in [9.17, 15) is 0 Å². The first-order valence-corrected chi connectivity index (χ1v) is 5.91. The minimum absolute atomic E-state index is 0.247. The second-order valence-corrected chi connectivity index (χ2v) is 3.72. The van der Waals surface area contributed by atoms with E-state index in [0.717, 1.165) is 24.2 Å². The highest BCUT2D eigenvalue weighted by molar-refractivity contribution is 5.10. The van der Waals surface area contributed by atoms with Crippen LogP contribution in [-0.4, -0.2) is 18.1 Å². The van der Waals surface area contributed by atoms with Crippen LogP contribution in [0, 0.1) is 0 Å². The predicted molar refractivity (Wildman–Crippen MR) is 70.0 cm³/mol. The Morgan fingerprint density at radius 3 is 2.68 bits per heavy atom. The van der Waals surface area contributed by atoms with E-state index in [-0.39, 0.29) is 6.54 Å². The number of aromatic nitrogens is 1. The summed E-state index contributed by atoms with van der Waals surface area (Å²) < 4.78 is 5.46. The first-order chi connectivity index (χ1) is 9.36. The topological polar surface area (TPSA) is 120 Å². The van der Waals surface area contributed by atoms with Crippen molar-refractivity contribution in [2.45, 2.75) is 26.0 Å². The molecule has 0 fully saturated rings. The highest BCUT2D eigenvalue weighted by Gasteiger charge is 1.97. The maximum atomic E-state index is 8.23. The van der Waals surface area contributed by atoms with E-state index < -0.39 is 0 Å². The SMILES string of the molecule is [N-]=[N+]=NCCCCOCc1cccc(CN=[N+]=[N-])n1. The Kier molecular flexibility index (Phi) is 7.57. The minimum Gasteiger partial charge on any atom is -0.375 e. The normalized spacial score (nSPS) is 9.47. The van der Waals surface area contributed by atoms with Crippen molar-refractivity contribution in [3.63, 3.8) is 0 Å². The Bertz CT molecular complexity index is 478. The van der Waals surface area contributed by atoms with E-state index in [0.29, 0.717) is 19.8 Å². The summed E-state index contributed by atoms with van der Waals surface area (Å²) in [5.41, 5.74) is 17.9. The Labute approximate surface area is 110 Å². The monoisotopic (exact) mass is 261 g/mol. The third kappa shape index (κ3) is 6.90. The molecule has 0 spiro atoms. The van der Waals surface area contributed by atoms with Crippen LogP contribution in [0.5, 0.6) is 0 Å². The molecule has 0 unspecified atom stereocenters. The first-order valence-electron chi connectivity index (χ1n) is 5.91.